The lowest BCUT2D eigenvalue weighted by Gasteiger charge is -2.12. The van der Waals surface area contributed by atoms with Crippen molar-refractivity contribution in [2.45, 2.75) is 33.9 Å². The Balaban J connectivity index is 2.05. The smallest absolute Gasteiger partial charge is 0.284 e. The summed E-state index contributed by atoms with van der Waals surface area (Å²) >= 11 is 0. The number of aliphatic imine (C=N–C) groups is 1. The SMILES string of the molecule is CCNC(=NCc1ccc(C)cc1OCC)NCc1ccc(C(N)=O)o1. The fraction of sp³-hybridized carbons (Fsp3) is 0.368. The molecule has 26 heavy (non-hydrogen) atoms. The van der Waals surface area contributed by atoms with Crippen LogP contribution in [-0.4, -0.2) is 25.0 Å². The van der Waals surface area contributed by atoms with Crippen LogP contribution in [-0.2, 0) is 13.1 Å². The zero-order valence-corrected chi connectivity index (χ0v) is 15.5. The van der Waals surface area contributed by atoms with Gasteiger partial charge in [-0.15, -0.1) is 0 Å². The van der Waals surface area contributed by atoms with Crippen molar-refractivity contribution in [3.8, 4) is 5.75 Å². The fourth-order valence-electron chi connectivity index (χ4n) is 2.36. The Labute approximate surface area is 153 Å². The maximum atomic E-state index is 11.1. The minimum Gasteiger partial charge on any atom is -0.494 e. The first-order valence-corrected chi connectivity index (χ1v) is 8.66. The molecule has 0 aliphatic heterocycles. The van der Waals surface area contributed by atoms with Crippen molar-refractivity contribution in [2.24, 2.45) is 10.7 Å². The lowest BCUT2D eigenvalue weighted by atomic mass is 10.1. The minimum absolute atomic E-state index is 0.143. The summed E-state index contributed by atoms with van der Waals surface area (Å²) in [6.07, 6.45) is 0. The third kappa shape index (κ3) is 5.54. The molecule has 1 heterocycles. The van der Waals surface area contributed by atoms with Crippen molar-refractivity contribution in [3.63, 3.8) is 0 Å². The fourth-order valence-corrected chi connectivity index (χ4v) is 2.36. The quantitative estimate of drug-likeness (QED) is 0.497. The lowest BCUT2D eigenvalue weighted by Crippen LogP contribution is -2.36. The summed E-state index contributed by atoms with van der Waals surface area (Å²) in [6, 6.07) is 9.36. The molecule has 1 aromatic carbocycles. The van der Waals surface area contributed by atoms with Crippen LogP contribution in [0.1, 0.15) is 41.3 Å². The van der Waals surface area contributed by atoms with Gasteiger partial charge in [-0.05, 0) is 44.5 Å². The molecule has 2 aromatic rings. The molecule has 0 unspecified atom stereocenters. The van der Waals surface area contributed by atoms with E-state index in [0.29, 0.717) is 31.4 Å². The van der Waals surface area contributed by atoms with E-state index in [-0.39, 0.29) is 5.76 Å². The van der Waals surface area contributed by atoms with Crippen LogP contribution in [0, 0.1) is 6.92 Å². The number of nitrogens with two attached hydrogens (primary N) is 1. The molecule has 0 aliphatic carbocycles. The normalized spacial score (nSPS) is 11.3. The highest BCUT2D eigenvalue weighted by atomic mass is 16.5. The molecule has 0 fully saturated rings. The second-order valence-electron chi connectivity index (χ2n) is 5.72. The number of benzene rings is 1. The van der Waals surface area contributed by atoms with Crippen molar-refractivity contribution in [2.75, 3.05) is 13.2 Å². The number of hydrogen-bond acceptors (Lipinski definition) is 4. The number of carbonyl (C=O) groups is 1. The van der Waals surface area contributed by atoms with Crippen LogP contribution < -0.4 is 21.1 Å². The summed E-state index contributed by atoms with van der Waals surface area (Å²) < 4.78 is 11.1. The Kier molecular flexibility index (Phi) is 7.08. The monoisotopic (exact) mass is 358 g/mol. The number of amides is 1. The molecule has 0 atom stereocenters. The van der Waals surface area contributed by atoms with Gasteiger partial charge in [-0.1, -0.05) is 12.1 Å². The third-order valence-electron chi connectivity index (χ3n) is 3.61. The van der Waals surface area contributed by atoms with E-state index >= 15 is 0 Å². The van der Waals surface area contributed by atoms with Gasteiger partial charge in [-0.2, -0.15) is 0 Å². The van der Waals surface area contributed by atoms with Crippen LogP contribution in [0.3, 0.4) is 0 Å². The molecule has 4 N–H and O–H groups in total. The van der Waals surface area contributed by atoms with Crippen LogP contribution >= 0.6 is 0 Å². The summed E-state index contributed by atoms with van der Waals surface area (Å²) in [5.41, 5.74) is 7.36. The molecule has 0 saturated carbocycles. The number of furan rings is 1. The average molecular weight is 358 g/mol. The van der Waals surface area contributed by atoms with Crippen molar-refractivity contribution in [3.05, 3.63) is 53.0 Å². The first-order chi connectivity index (χ1) is 12.5. The Bertz CT molecular complexity index is 768. The molecular formula is C19H26N4O3. The number of hydrogen-bond donors (Lipinski definition) is 3. The van der Waals surface area contributed by atoms with Gasteiger partial charge in [0.05, 0.1) is 19.7 Å². The largest absolute Gasteiger partial charge is 0.494 e. The van der Waals surface area contributed by atoms with Gasteiger partial charge in [0.2, 0.25) is 0 Å². The second kappa shape index (κ2) is 9.50. The number of nitrogens with one attached hydrogen (secondary N) is 2. The molecule has 1 aromatic heterocycles. The minimum atomic E-state index is -0.584. The van der Waals surface area contributed by atoms with E-state index < -0.39 is 5.91 Å². The summed E-state index contributed by atoms with van der Waals surface area (Å²) in [5.74, 6) is 1.66. The molecule has 140 valence electrons. The van der Waals surface area contributed by atoms with Gasteiger partial charge in [0.25, 0.3) is 5.91 Å². The molecular weight excluding hydrogens is 332 g/mol. The Morgan fingerprint density at radius 3 is 2.69 bits per heavy atom. The second-order valence-corrected chi connectivity index (χ2v) is 5.72. The zero-order valence-electron chi connectivity index (χ0n) is 15.5. The van der Waals surface area contributed by atoms with E-state index in [1.165, 1.54) is 0 Å². The number of nitrogens with zero attached hydrogens (tertiary/aromatic N) is 1. The topological polar surface area (TPSA) is 102 Å². The number of guanidine groups is 1. The van der Waals surface area contributed by atoms with Crippen molar-refractivity contribution >= 4 is 11.9 Å². The van der Waals surface area contributed by atoms with Crippen LogP contribution in [0.2, 0.25) is 0 Å². The highest BCUT2D eigenvalue weighted by Crippen LogP contribution is 2.21. The number of carbonyl (C=O) groups excluding carboxylic acids is 1. The van der Waals surface area contributed by atoms with E-state index in [0.717, 1.165) is 23.4 Å². The third-order valence-corrected chi connectivity index (χ3v) is 3.61. The highest BCUT2D eigenvalue weighted by Gasteiger charge is 2.08. The molecule has 2 rings (SSSR count). The average Bonchev–Trinajstić information content (AvgIpc) is 3.08. The maximum Gasteiger partial charge on any atom is 0.284 e. The number of rotatable bonds is 8. The van der Waals surface area contributed by atoms with Crippen molar-refractivity contribution in [1.82, 2.24) is 10.6 Å². The van der Waals surface area contributed by atoms with Crippen molar-refractivity contribution in [1.29, 1.82) is 0 Å². The predicted molar refractivity (Wildman–Crippen MR) is 101 cm³/mol. The maximum absolute atomic E-state index is 11.1. The summed E-state index contributed by atoms with van der Waals surface area (Å²) in [7, 11) is 0. The van der Waals surface area contributed by atoms with Gasteiger partial charge in [-0.3, -0.25) is 4.79 Å². The predicted octanol–water partition coefficient (Wildman–Crippen LogP) is 2.34. The molecule has 0 spiro atoms. The molecule has 0 saturated heterocycles. The van der Waals surface area contributed by atoms with Gasteiger partial charge in [-0.25, -0.2) is 4.99 Å². The first kappa shape index (κ1) is 19.4. The van der Waals surface area contributed by atoms with E-state index in [1.807, 2.05) is 39.0 Å². The summed E-state index contributed by atoms with van der Waals surface area (Å²) in [6.45, 7) is 8.20. The van der Waals surface area contributed by atoms with E-state index in [9.17, 15) is 4.79 Å². The van der Waals surface area contributed by atoms with Crippen LogP contribution in [0.5, 0.6) is 5.75 Å². The molecule has 0 radical (unpaired) electrons. The zero-order chi connectivity index (χ0) is 18.9. The Morgan fingerprint density at radius 1 is 1.23 bits per heavy atom. The van der Waals surface area contributed by atoms with Crippen LogP contribution in [0.4, 0.5) is 0 Å². The number of primary amides is 1. The lowest BCUT2D eigenvalue weighted by molar-refractivity contribution is 0.0972. The molecule has 0 bridgehead atoms. The molecule has 7 heteroatoms. The van der Waals surface area contributed by atoms with E-state index in [1.54, 1.807) is 12.1 Å². The van der Waals surface area contributed by atoms with E-state index in [2.05, 4.69) is 15.6 Å². The summed E-state index contributed by atoms with van der Waals surface area (Å²) in [5, 5.41) is 6.35. The van der Waals surface area contributed by atoms with Gasteiger partial charge in [0.1, 0.15) is 11.5 Å². The van der Waals surface area contributed by atoms with Gasteiger partial charge in [0, 0.05) is 12.1 Å². The van der Waals surface area contributed by atoms with Gasteiger partial charge < -0.3 is 25.5 Å². The van der Waals surface area contributed by atoms with Crippen LogP contribution in [0.25, 0.3) is 0 Å². The Morgan fingerprint density at radius 2 is 2.04 bits per heavy atom. The number of aryl methyl sites for hydroxylation is 1. The highest BCUT2D eigenvalue weighted by molar-refractivity contribution is 5.89. The number of ether oxygens (including phenoxy) is 1. The first-order valence-electron chi connectivity index (χ1n) is 8.66. The van der Waals surface area contributed by atoms with E-state index in [4.69, 9.17) is 14.9 Å². The standard InChI is InChI=1S/C19H26N4O3/c1-4-21-19(23-12-15-8-9-16(26-15)18(20)24)22-11-14-7-6-13(3)10-17(14)25-5-2/h6-10H,4-5,11-12H2,1-3H3,(H2,20,24)(H2,21,22,23). The summed E-state index contributed by atoms with van der Waals surface area (Å²) in [4.78, 5) is 15.7. The molecule has 0 aliphatic rings. The van der Waals surface area contributed by atoms with Crippen LogP contribution in [0.15, 0.2) is 39.7 Å². The molecule has 1 amide bonds. The Hall–Kier alpha value is -2.96. The molecule has 7 nitrogen and oxygen atoms in total. The van der Waals surface area contributed by atoms with Crippen molar-refractivity contribution < 1.29 is 13.9 Å². The van der Waals surface area contributed by atoms with Gasteiger partial charge >= 0.3 is 0 Å². The van der Waals surface area contributed by atoms with Gasteiger partial charge in [0.15, 0.2) is 11.7 Å².